The zero-order valence-corrected chi connectivity index (χ0v) is 26.1. The molecule has 41 heavy (non-hydrogen) atoms. The highest BCUT2D eigenvalue weighted by atomic mass is 79.9. The van der Waals surface area contributed by atoms with E-state index < -0.39 is 24.0 Å². The molecule has 0 heterocycles. The first-order chi connectivity index (χ1) is 19.7. The normalized spacial score (nSPS) is 12.4. The number of hydrogen-bond acceptors (Lipinski definition) is 6. The van der Waals surface area contributed by atoms with Gasteiger partial charge in [0.15, 0.2) is 17.6 Å². The number of carbonyl (C=O) groups is 2. The van der Waals surface area contributed by atoms with Crippen LogP contribution in [0, 0.1) is 0 Å². The molecule has 0 saturated carbocycles. The first-order valence-corrected chi connectivity index (χ1v) is 14.6. The SMILES string of the molecule is CCCCOc1c(Br)cc(/C=N\NC(=O)[C@@H](Cc2ccccc2)NC(=O)[C@H](C)Oc2ccc(Cl)cc2Cl)cc1OC. The first kappa shape index (κ1) is 32.2. The number of unbranched alkanes of at least 4 members (excludes halogenated alkanes) is 1. The molecular formula is C30H32BrCl2N3O5. The van der Waals surface area contributed by atoms with Gasteiger partial charge in [0.1, 0.15) is 11.8 Å². The van der Waals surface area contributed by atoms with Gasteiger partial charge in [0, 0.05) is 11.4 Å². The molecule has 0 aliphatic heterocycles. The maximum Gasteiger partial charge on any atom is 0.262 e. The summed E-state index contributed by atoms with van der Waals surface area (Å²) in [4.78, 5) is 26.2. The van der Waals surface area contributed by atoms with Crippen LogP contribution in [0.3, 0.4) is 0 Å². The fourth-order valence-electron chi connectivity index (χ4n) is 3.68. The molecule has 0 unspecified atom stereocenters. The highest BCUT2D eigenvalue weighted by molar-refractivity contribution is 9.10. The van der Waals surface area contributed by atoms with E-state index in [2.05, 4.69) is 38.7 Å². The molecule has 0 aliphatic rings. The van der Waals surface area contributed by atoms with Gasteiger partial charge < -0.3 is 19.5 Å². The molecule has 0 aliphatic carbocycles. The van der Waals surface area contributed by atoms with Crippen molar-refractivity contribution in [1.82, 2.24) is 10.7 Å². The van der Waals surface area contributed by atoms with E-state index in [1.807, 2.05) is 36.4 Å². The van der Waals surface area contributed by atoms with Crippen molar-refractivity contribution in [2.75, 3.05) is 13.7 Å². The van der Waals surface area contributed by atoms with Crippen molar-refractivity contribution >= 4 is 57.2 Å². The Labute approximate surface area is 258 Å². The third-order valence-electron chi connectivity index (χ3n) is 5.87. The zero-order chi connectivity index (χ0) is 29.8. The number of nitrogens with zero attached hydrogens (tertiary/aromatic N) is 1. The van der Waals surface area contributed by atoms with E-state index in [1.165, 1.54) is 12.3 Å². The molecule has 8 nitrogen and oxygen atoms in total. The number of hydrazone groups is 1. The summed E-state index contributed by atoms with van der Waals surface area (Å²) in [6.45, 7) is 4.22. The summed E-state index contributed by atoms with van der Waals surface area (Å²) in [5, 5.41) is 7.59. The Morgan fingerprint density at radius 1 is 1.05 bits per heavy atom. The molecule has 0 spiro atoms. The maximum absolute atomic E-state index is 13.2. The third-order valence-corrected chi connectivity index (χ3v) is 6.99. The summed E-state index contributed by atoms with van der Waals surface area (Å²) in [5.41, 5.74) is 4.05. The number of carbonyl (C=O) groups excluding carboxylic acids is 2. The lowest BCUT2D eigenvalue weighted by Gasteiger charge is -2.21. The topological polar surface area (TPSA) is 98.2 Å². The second kappa shape index (κ2) is 16.2. The van der Waals surface area contributed by atoms with Gasteiger partial charge >= 0.3 is 0 Å². The summed E-state index contributed by atoms with van der Waals surface area (Å²) >= 11 is 15.6. The van der Waals surface area contributed by atoms with Gasteiger partial charge in [-0.2, -0.15) is 5.10 Å². The van der Waals surface area contributed by atoms with E-state index in [-0.39, 0.29) is 11.4 Å². The fourth-order valence-corrected chi connectivity index (χ4v) is 4.71. The number of ether oxygens (including phenoxy) is 3. The van der Waals surface area contributed by atoms with Gasteiger partial charge in [-0.05, 0) is 70.7 Å². The number of halogens is 3. The average Bonchev–Trinajstić information content (AvgIpc) is 2.95. The van der Waals surface area contributed by atoms with Gasteiger partial charge in [-0.3, -0.25) is 9.59 Å². The van der Waals surface area contributed by atoms with Crippen LogP contribution in [0.15, 0.2) is 70.2 Å². The summed E-state index contributed by atoms with van der Waals surface area (Å²) in [6.07, 6.45) is 2.72. The van der Waals surface area contributed by atoms with Crippen molar-refractivity contribution in [2.24, 2.45) is 5.10 Å². The van der Waals surface area contributed by atoms with Crippen LogP contribution in [0.5, 0.6) is 17.2 Å². The van der Waals surface area contributed by atoms with Crippen molar-refractivity contribution in [2.45, 2.75) is 45.3 Å². The number of benzene rings is 3. The predicted molar refractivity (Wildman–Crippen MR) is 165 cm³/mol. The van der Waals surface area contributed by atoms with Crippen LogP contribution in [-0.2, 0) is 16.0 Å². The van der Waals surface area contributed by atoms with Crippen molar-refractivity contribution in [3.05, 3.63) is 86.3 Å². The van der Waals surface area contributed by atoms with Crippen molar-refractivity contribution < 1.29 is 23.8 Å². The summed E-state index contributed by atoms with van der Waals surface area (Å²) in [5.74, 6) is 0.441. The van der Waals surface area contributed by atoms with Gasteiger partial charge in [-0.1, -0.05) is 66.9 Å². The molecule has 2 amide bonds. The molecule has 2 atom stereocenters. The molecular weight excluding hydrogens is 633 g/mol. The lowest BCUT2D eigenvalue weighted by atomic mass is 10.1. The van der Waals surface area contributed by atoms with E-state index >= 15 is 0 Å². The van der Waals surface area contributed by atoms with Crippen molar-refractivity contribution in [3.63, 3.8) is 0 Å². The molecule has 11 heteroatoms. The van der Waals surface area contributed by atoms with E-state index in [1.54, 1.807) is 32.2 Å². The number of nitrogens with one attached hydrogen (secondary N) is 2. The lowest BCUT2D eigenvalue weighted by Crippen LogP contribution is -2.50. The van der Waals surface area contributed by atoms with Gasteiger partial charge in [-0.25, -0.2) is 5.43 Å². The van der Waals surface area contributed by atoms with Gasteiger partial charge in [-0.15, -0.1) is 0 Å². The minimum atomic E-state index is -0.939. The fraction of sp³-hybridized carbons (Fsp3) is 0.300. The van der Waals surface area contributed by atoms with Gasteiger partial charge in [0.05, 0.1) is 29.4 Å². The molecule has 218 valence electrons. The van der Waals surface area contributed by atoms with Crippen LogP contribution in [0.4, 0.5) is 0 Å². The maximum atomic E-state index is 13.2. The van der Waals surface area contributed by atoms with E-state index in [9.17, 15) is 9.59 Å². The minimum absolute atomic E-state index is 0.242. The Hall–Kier alpha value is -3.27. The molecule has 3 aromatic rings. The van der Waals surface area contributed by atoms with E-state index in [0.29, 0.717) is 38.9 Å². The molecule has 0 fully saturated rings. The van der Waals surface area contributed by atoms with Crippen LogP contribution < -0.4 is 25.0 Å². The van der Waals surface area contributed by atoms with Gasteiger partial charge in [0.2, 0.25) is 0 Å². The molecule has 0 bridgehead atoms. The monoisotopic (exact) mass is 663 g/mol. The summed E-state index contributed by atoms with van der Waals surface area (Å²) in [6, 6.07) is 16.7. The second-order valence-corrected chi connectivity index (χ2v) is 10.8. The Bertz CT molecular complexity index is 1360. The molecule has 3 aromatic carbocycles. The summed E-state index contributed by atoms with van der Waals surface area (Å²) in [7, 11) is 1.56. The van der Waals surface area contributed by atoms with Crippen LogP contribution >= 0.6 is 39.1 Å². The van der Waals surface area contributed by atoms with Crippen LogP contribution in [0.25, 0.3) is 0 Å². The smallest absolute Gasteiger partial charge is 0.262 e. The van der Waals surface area contributed by atoms with Crippen LogP contribution in [0.1, 0.15) is 37.8 Å². The second-order valence-electron chi connectivity index (χ2n) is 9.06. The Balaban J connectivity index is 1.70. The third kappa shape index (κ3) is 9.95. The number of methoxy groups -OCH3 is 1. The molecule has 0 saturated heterocycles. The predicted octanol–water partition coefficient (Wildman–Crippen LogP) is 6.59. The molecule has 0 aromatic heterocycles. The number of amides is 2. The molecule has 2 N–H and O–H groups in total. The zero-order valence-electron chi connectivity index (χ0n) is 23.0. The van der Waals surface area contributed by atoms with E-state index in [4.69, 9.17) is 37.4 Å². The van der Waals surface area contributed by atoms with Crippen molar-refractivity contribution in [3.8, 4) is 17.2 Å². The minimum Gasteiger partial charge on any atom is -0.493 e. The number of rotatable bonds is 14. The highest BCUT2D eigenvalue weighted by Crippen LogP contribution is 2.36. The first-order valence-electron chi connectivity index (χ1n) is 13.0. The lowest BCUT2D eigenvalue weighted by molar-refractivity contribution is -0.132. The van der Waals surface area contributed by atoms with Crippen LogP contribution in [0.2, 0.25) is 10.0 Å². The van der Waals surface area contributed by atoms with Crippen LogP contribution in [-0.4, -0.2) is 43.9 Å². The average molecular weight is 665 g/mol. The molecule has 3 rings (SSSR count). The largest absolute Gasteiger partial charge is 0.493 e. The highest BCUT2D eigenvalue weighted by Gasteiger charge is 2.25. The standard InChI is InChI=1S/C30H32BrCl2N3O5/c1-4-5-13-40-28-23(31)14-21(16-27(28)39-3)18-34-36-30(38)25(15-20-9-7-6-8-10-20)35-29(37)19(2)41-26-12-11-22(32)17-24(26)33/h6-12,14,16-19,25H,4-5,13,15H2,1-3H3,(H,35,37)(H,36,38)/b34-18-/t19-,25+/m0/s1. The molecule has 0 radical (unpaired) electrons. The number of hydrogen-bond donors (Lipinski definition) is 2. The quantitative estimate of drug-likeness (QED) is 0.115. The van der Waals surface area contributed by atoms with Crippen molar-refractivity contribution in [1.29, 1.82) is 0 Å². The summed E-state index contributed by atoms with van der Waals surface area (Å²) < 4.78 is 17.7. The Morgan fingerprint density at radius 3 is 2.49 bits per heavy atom. The van der Waals surface area contributed by atoms with E-state index in [0.717, 1.165) is 18.4 Å². The Morgan fingerprint density at radius 2 is 1.80 bits per heavy atom. The van der Waals surface area contributed by atoms with Gasteiger partial charge in [0.25, 0.3) is 11.8 Å². The Kier molecular flexibility index (Phi) is 12.8.